The molecule has 0 saturated carbocycles. The second kappa shape index (κ2) is 7.47. The topological polar surface area (TPSA) is 77.2 Å². The molecule has 24 heavy (non-hydrogen) atoms. The van der Waals surface area contributed by atoms with Crippen molar-refractivity contribution in [2.45, 2.75) is 46.0 Å². The molecule has 2 aromatic heterocycles. The standard InChI is InChI=1S/C18H23N3O3/c1-3-23-18(22)14-12(2)24-17-15(14)16(20-11-21-17)19-10-9-13-7-5-4-6-8-13/h7,11H,3-6,8-10H2,1-2H3,(H,19,20,21). The van der Waals surface area contributed by atoms with Gasteiger partial charge in [0.2, 0.25) is 5.71 Å². The van der Waals surface area contributed by atoms with Crippen molar-refractivity contribution in [2.75, 3.05) is 18.5 Å². The fourth-order valence-electron chi connectivity index (χ4n) is 3.10. The largest absolute Gasteiger partial charge is 0.462 e. The Morgan fingerprint density at radius 3 is 3.00 bits per heavy atom. The Morgan fingerprint density at radius 2 is 2.25 bits per heavy atom. The van der Waals surface area contributed by atoms with Gasteiger partial charge in [0, 0.05) is 6.54 Å². The van der Waals surface area contributed by atoms with Gasteiger partial charge in [0.05, 0.1) is 12.0 Å². The van der Waals surface area contributed by atoms with Gasteiger partial charge in [-0.05, 0) is 46.0 Å². The van der Waals surface area contributed by atoms with Gasteiger partial charge in [-0.25, -0.2) is 14.8 Å². The molecule has 2 aromatic rings. The highest BCUT2D eigenvalue weighted by molar-refractivity contribution is 6.07. The number of anilines is 1. The van der Waals surface area contributed by atoms with Crippen molar-refractivity contribution in [3.63, 3.8) is 0 Å². The maximum Gasteiger partial charge on any atom is 0.342 e. The maximum absolute atomic E-state index is 12.2. The van der Waals surface area contributed by atoms with Gasteiger partial charge in [-0.1, -0.05) is 11.6 Å². The second-order valence-electron chi connectivity index (χ2n) is 5.94. The quantitative estimate of drug-likeness (QED) is 0.637. The monoisotopic (exact) mass is 329 g/mol. The lowest BCUT2D eigenvalue weighted by atomic mass is 9.97. The first-order valence-corrected chi connectivity index (χ1v) is 8.53. The maximum atomic E-state index is 12.2. The van der Waals surface area contributed by atoms with Gasteiger partial charge in [-0.15, -0.1) is 0 Å². The number of carbonyl (C=O) groups is 1. The minimum Gasteiger partial charge on any atom is -0.462 e. The van der Waals surface area contributed by atoms with Gasteiger partial charge >= 0.3 is 5.97 Å². The molecule has 0 radical (unpaired) electrons. The number of ether oxygens (including phenoxy) is 1. The minimum absolute atomic E-state index is 0.315. The molecule has 2 heterocycles. The SMILES string of the molecule is CCOC(=O)c1c(C)oc2ncnc(NCCC3=CCCCC3)c12. The summed E-state index contributed by atoms with van der Waals surface area (Å²) in [4.78, 5) is 20.7. The van der Waals surface area contributed by atoms with Gasteiger partial charge in [-0.3, -0.25) is 0 Å². The van der Waals surface area contributed by atoms with Crippen molar-refractivity contribution < 1.29 is 13.9 Å². The number of hydrogen-bond acceptors (Lipinski definition) is 6. The Bertz CT molecular complexity index is 764. The molecule has 0 amide bonds. The van der Waals surface area contributed by atoms with Crippen molar-refractivity contribution in [1.82, 2.24) is 9.97 Å². The van der Waals surface area contributed by atoms with E-state index in [0.717, 1.165) is 13.0 Å². The molecule has 0 aromatic carbocycles. The van der Waals surface area contributed by atoms with E-state index in [0.29, 0.717) is 34.8 Å². The smallest absolute Gasteiger partial charge is 0.342 e. The van der Waals surface area contributed by atoms with Crippen LogP contribution in [0.4, 0.5) is 5.82 Å². The highest BCUT2D eigenvalue weighted by Gasteiger charge is 2.23. The molecule has 128 valence electrons. The lowest BCUT2D eigenvalue weighted by Gasteiger charge is -2.13. The molecule has 0 bridgehead atoms. The number of nitrogens with one attached hydrogen (secondary N) is 1. The summed E-state index contributed by atoms with van der Waals surface area (Å²) in [5.41, 5.74) is 2.31. The Kier molecular flexibility index (Phi) is 5.13. The summed E-state index contributed by atoms with van der Waals surface area (Å²) in [7, 11) is 0. The molecule has 0 unspecified atom stereocenters. The number of aromatic nitrogens is 2. The van der Waals surface area contributed by atoms with Crippen molar-refractivity contribution in [2.24, 2.45) is 0 Å². The normalized spacial score (nSPS) is 14.5. The molecular formula is C18H23N3O3. The van der Waals surface area contributed by atoms with Crippen LogP contribution >= 0.6 is 0 Å². The number of esters is 1. The molecule has 0 saturated heterocycles. The molecular weight excluding hydrogens is 306 g/mol. The van der Waals surface area contributed by atoms with Gasteiger partial charge in [-0.2, -0.15) is 0 Å². The Balaban J connectivity index is 1.82. The van der Waals surface area contributed by atoms with E-state index in [1.54, 1.807) is 13.8 Å². The minimum atomic E-state index is -0.401. The number of hydrogen-bond donors (Lipinski definition) is 1. The summed E-state index contributed by atoms with van der Waals surface area (Å²) < 4.78 is 10.7. The lowest BCUT2D eigenvalue weighted by molar-refractivity contribution is 0.0526. The summed E-state index contributed by atoms with van der Waals surface area (Å²) in [5, 5.41) is 3.93. The number of allylic oxidation sites excluding steroid dienone is 1. The molecule has 1 aliphatic rings. The van der Waals surface area contributed by atoms with Gasteiger partial charge < -0.3 is 14.5 Å². The van der Waals surface area contributed by atoms with Gasteiger partial charge in [0.25, 0.3) is 0 Å². The summed E-state index contributed by atoms with van der Waals surface area (Å²) in [6.45, 7) is 4.60. The first kappa shape index (κ1) is 16.5. The summed E-state index contributed by atoms with van der Waals surface area (Å²) in [5.74, 6) is 0.722. The van der Waals surface area contributed by atoms with E-state index in [-0.39, 0.29) is 0 Å². The van der Waals surface area contributed by atoms with E-state index >= 15 is 0 Å². The molecule has 0 atom stereocenters. The molecule has 0 aliphatic heterocycles. The highest BCUT2D eigenvalue weighted by Crippen LogP contribution is 2.30. The van der Waals surface area contributed by atoms with Crippen molar-refractivity contribution in [1.29, 1.82) is 0 Å². The van der Waals surface area contributed by atoms with Crippen LogP contribution in [0.25, 0.3) is 11.1 Å². The fourth-order valence-corrected chi connectivity index (χ4v) is 3.10. The summed E-state index contributed by atoms with van der Waals surface area (Å²) in [6.07, 6.45) is 9.70. The van der Waals surface area contributed by atoms with Gasteiger partial charge in [0.15, 0.2) is 0 Å². The predicted octanol–water partition coefficient (Wildman–Crippen LogP) is 4.01. The zero-order chi connectivity index (χ0) is 16.9. The average Bonchev–Trinajstić information content (AvgIpc) is 2.93. The number of nitrogens with zero attached hydrogens (tertiary/aromatic N) is 2. The van der Waals surface area contributed by atoms with E-state index in [2.05, 4.69) is 21.4 Å². The molecule has 0 fully saturated rings. The van der Waals surface area contributed by atoms with Crippen molar-refractivity contribution >= 4 is 22.9 Å². The Morgan fingerprint density at radius 1 is 1.38 bits per heavy atom. The van der Waals surface area contributed by atoms with E-state index in [9.17, 15) is 4.79 Å². The van der Waals surface area contributed by atoms with E-state index in [1.807, 2.05) is 0 Å². The molecule has 6 heteroatoms. The number of fused-ring (bicyclic) bond motifs is 1. The molecule has 6 nitrogen and oxygen atoms in total. The zero-order valence-corrected chi connectivity index (χ0v) is 14.2. The van der Waals surface area contributed by atoms with E-state index in [1.165, 1.54) is 37.6 Å². The van der Waals surface area contributed by atoms with Crippen LogP contribution in [-0.2, 0) is 4.74 Å². The first-order chi connectivity index (χ1) is 11.7. The predicted molar refractivity (Wildman–Crippen MR) is 92.2 cm³/mol. The Labute approximate surface area is 141 Å². The third-order valence-electron chi connectivity index (χ3n) is 4.27. The average molecular weight is 329 g/mol. The van der Waals surface area contributed by atoms with Crippen LogP contribution in [0.5, 0.6) is 0 Å². The molecule has 0 spiro atoms. The van der Waals surface area contributed by atoms with Crippen LogP contribution in [0.2, 0.25) is 0 Å². The zero-order valence-electron chi connectivity index (χ0n) is 14.2. The molecule has 3 rings (SSSR count). The van der Waals surface area contributed by atoms with Gasteiger partial charge in [0.1, 0.15) is 23.5 Å². The van der Waals surface area contributed by atoms with Crippen LogP contribution in [0, 0.1) is 6.92 Å². The van der Waals surface area contributed by atoms with Crippen molar-refractivity contribution in [3.05, 3.63) is 29.3 Å². The second-order valence-corrected chi connectivity index (χ2v) is 5.94. The first-order valence-electron chi connectivity index (χ1n) is 8.53. The van der Waals surface area contributed by atoms with E-state index < -0.39 is 5.97 Å². The fraction of sp³-hybridized carbons (Fsp3) is 0.500. The highest BCUT2D eigenvalue weighted by atomic mass is 16.5. The van der Waals surface area contributed by atoms with Crippen molar-refractivity contribution in [3.8, 4) is 0 Å². The van der Waals surface area contributed by atoms with Crippen LogP contribution in [-0.4, -0.2) is 29.1 Å². The molecule has 1 N–H and O–H groups in total. The van der Waals surface area contributed by atoms with Crippen LogP contribution in [0.1, 0.15) is 55.1 Å². The van der Waals surface area contributed by atoms with Crippen LogP contribution < -0.4 is 5.32 Å². The number of rotatable bonds is 6. The van der Waals surface area contributed by atoms with E-state index in [4.69, 9.17) is 9.15 Å². The molecule has 1 aliphatic carbocycles. The third kappa shape index (κ3) is 3.42. The third-order valence-corrected chi connectivity index (χ3v) is 4.27. The Hall–Kier alpha value is -2.37. The number of carbonyl (C=O) groups excluding carboxylic acids is 1. The van der Waals surface area contributed by atoms with Crippen LogP contribution in [0.15, 0.2) is 22.4 Å². The lowest BCUT2D eigenvalue weighted by Crippen LogP contribution is -2.09. The summed E-state index contributed by atoms with van der Waals surface area (Å²) >= 11 is 0. The number of aryl methyl sites for hydroxylation is 1. The van der Waals surface area contributed by atoms with Crippen LogP contribution in [0.3, 0.4) is 0 Å². The number of furan rings is 1. The summed E-state index contributed by atoms with van der Waals surface area (Å²) in [6, 6.07) is 0.